The highest BCUT2D eigenvalue weighted by molar-refractivity contribution is 6.58. The fourth-order valence-corrected chi connectivity index (χ4v) is 1.96. The molecule has 0 aromatic heterocycles. The van der Waals surface area contributed by atoms with E-state index in [0.717, 1.165) is 19.2 Å². The van der Waals surface area contributed by atoms with Gasteiger partial charge in [0.05, 0.1) is 13.2 Å². The van der Waals surface area contributed by atoms with Gasteiger partial charge in [-0.1, -0.05) is 0 Å². The van der Waals surface area contributed by atoms with Crippen molar-refractivity contribution in [2.24, 2.45) is 0 Å². The summed E-state index contributed by atoms with van der Waals surface area (Å²) in [7, 11) is -1.81. The summed E-state index contributed by atoms with van der Waals surface area (Å²) in [5.74, 6) is -1.67. The van der Waals surface area contributed by atoms with E-state index in [4.69, 9.17) is 19.5 Å². The van der Waals surface area contributed by atoms with Gasteiger partial charge in [0.15, 0.2) is 17.3 Å². The molecule has 0 radical (unpaired) electrons. The van der Waals surface area contributed by atoms with Gasteiger partial charge in [0.25, 0.3) is 0 Å². The average Bonchev–Trinajstić information content (AvgIpc) is 2.44. The molecule has 1 aliphatic rings. The topological polar surface area (TPSA) is 82.4 Å². The fraction of sp³-hybridized carbons (Fsp3) is 0.500. The maximum absolute atomic E-state index is 13.4. The van der Waals surface area contributed by atoms with Crippen LogP contribution in [-0.2, 0) is 4.74 Å². The molecule has 0 bridgehead atoms. The second-order valence-corrected chi connectivity index (χ2v) is 4.53. The molecule has 0 spiro atoms. The van der Waals surface area contributed by atoms with Gasteiger partial charge in [-0.05, 0) is 17.6 Å². The number of halogens is 1. The van der Waals surface area contributed by atoms with Crippen molar-refractivity contribution in [1.29, 1.82) is 0 Å². The van der Waals surface area contributed by atoms with Crippen molar-refractivity contribution in [2.75, 3.05) is 39.5 Å². The van der Waals surface area contributed by atoms with Crippen LogP contribution in [0.25, 0.3) is 0 Å². The lowest BCUT2D eigenvalue weighted by Crippen LogP contribution is -2.38. The Bertz CT molecular complexity index is 454. The van der Waals surface area contributed by atoms with E-state index >= 15 is 0 Å². The first kappa shape index (κ1) is 15.1. The standard InChI is InChI=1S/C12H17BFNO5/c14-10-7-9(13(17)18)8-11(12(10)16)20-6-3-15-1-4-19-5-2-15/h7-8,16-18H,1-6H2. The van der Waals surface area contributed by atoms with Crippen molar-refractivity contribution in [1.82, 2.24) is 4.90 Å². The largest absolute Gasteiger partial charge is 0.502 e. The number of ether oxygens (including phenoxy) is 2. The summed E-state index contributed by atoms with van der Waals surface area (Å²) in [5, 5.41) is 27.6. The van der Waals surface area contributed by atoms with Gasteiger partial charge >= 0.3 is 7.12 Å². The van der Waals surface area contributed by atoms with Crippen LogP contribution < -0.4 is 10.2 Å². The molecule has 1 saturated heterocycles. The maximum Gasteiger partial charge on any atom is 0.488 e. The molecule has 3 N–H and O–H groups in total. The Hall–Kier alpha value is -1.35. The van der Waals surface area contributed by atoms with Gasteiger partial charge in [-0.3, -0.25) is 4.90 Å². The van der Waals surface area contributed by atoms with Crippen LogP contribution in [0.5, 0.6) is 11.5 Å². The first-order valence-corrected chi connectivity index (χ1v) is 6.39. The van der Waals surface area contributed by atoms with Crippen molar-refractivity contribution in [3.63, 3.8) is 0 Å². The van der Waals surface area contributed by atoms with Crippen LogP contribution in [0.2, 0.25) is 0 Å². The molecule has 110 valence electrons. The summed E-state index contributed by atoms with van der Waals surface area (Å²) >= 11 is 0. The smallest absolute Gasteiger partial charge is 0.488 e. The number of nitrogens with zero attached hydrogens (tertiary/aromatic N) is 1. The molecule has 0 aliphatic carbocycles. The number of phenols is 1. The van der Waals surface area contributed by atoms with E-state index in [1.807, 2.05) is 0 Å². The lowest BCUT2D eigenvalue weighted by molar-refractivity contribution is 0.0321. The molecule has 1 fully saturated rings. The minimum Gasteiger partial charge on any atom is -0.502 e. The van der Waals surface area contributed by atoms with Crippen molar-refractivity contribution < 1.29 is 29.0 Å². The fourth-order valence-electron chi connectivity index (χ4n) is 1.96. The normalized spacial score (nSPS) is 16.1. The third-order valence-corrected chi connectivity index (χ3v) is 3.12. The van der Waals surface area contributed by atoms with E-state index in [2.05, 4.69) is 4.90 Å². The monoisotopic (exact) mass is 285 g/mol. The Kier molecular flexibility index (Phi) is 5.19. The van der Waals surface area contributed by atoms with E-state index in [-0.39, 0.29) is 17.8 Å². The minimum absolute atomic E-state index is 0.0679. The molecule has 6 nitrogen and oxygen atoms in total. The first-order valence-electron chi connectivity index (χ1n) is 6.39. The Balaban J connectivity index is 1.94. The molecular formula is C12H17BFNO5. The second kappa shape index (κ2) is 6.89. The number of hydrogen-bond donors (Lipinski definition) is 3. The van der Waals surface area contributed by atoms with E-state index in [0.29, 0.717) is 19.8 Å². The van der Waals surface area contributed by atoms with Gasteiger partial charge in [0.1, 0.15) is 6.61 Å². The average molecular weight is 285 g/mol. The molecule has 0 unspecified atom stereocenters. The summed E-state index contributed by atoms with van der Waals surface area (Å²) in [4.78, 5) is 2.13. The van der Waals surface area contributed by atoms with Gasteiger partial charge < -0.3 is 24.6 Å². The molecule has 1 aromatic rings. The zero-order chi connectivity index (χ0) is 14.5. The number of hydrogen-bond acceptors (Lipinski definition) is 6. The Morgan fingerprint density at radius 2 is 2.00 bits per heavy atom. The molecule has 0 saturated carbocycles. The van der Waals surface area contributed by atoms with Crippen molar-refractivity contribution >= 4 is 12.6 Å². The SMILES string of the molecule is OB(O)c1cc(F)c(O)c(OCCN2CCOCC2)c1. The molecule has 8 heteroatoms. The predicted octanol–water partition coefficient (Wildman–Crippen LogP) is -1.08. The van der Waals surface area contributed by atoms with Crippen LogP contribution in [0.3, 0.4) is 0 Å². The Labute approximate surface area is 116 Å². The first-order chi connectivity index (χ1) is 9.58. The van der Waals surface area contributed by atoms with Crippen LogP contribution in [0.4, 0.5) is 4.39 Å². The molecule has 0 amide bonds. The van der Waals surface area contributed by atoms with Gasteiger partial charge in [-0.15, -0.1) is 0 Å². The third-order valence-electron chi connectivity index (χ3n) is 3.12. The summed E-state index contributed by atoms with van der Waals surface area (Å²) in [6, 6.07) is 2.07. The van der Waals surface area contributed by atoms with Crippen LogP contribution in [-0.4, -0.2) is 66.6 Å². The van der Waals surface area contributed by atoms with E-state index in [1.165, 1.54) is 6.07 Å². The van der Waals surface area contributed by atoms with Crippen molar-refractivity contribution in [3.05, 3.63) is 17.9 Å². The van der Waals surface area contributed by atoms with Gasteiger partial charge in [-0.2, -0.15) is 0 Å². The number of aromatic hydroxyl groups is 1. The number of phenolic OH excluding ortho intramolecular Hbond substituents is 1. The lowest BCUT2D eigenvalue weighted by atomic mass is 9.80. The number of rotatable bonds is 5. The predicted molar refractivity (Wildman–Crippen MR) is 70.6 cm³/mol. The van der Waals surface area contributed by atoms with E-state index in [1.54, 1.807) is 0 Å². The highest BCUT2D eigenvalue weighted by Gasteiger charge is 2.18. The molecule has 1 aliphatic heterocycles. The molecule has 2 rings (SSSR count). The highest BCUT2D eigenvalue weighted by atomic mass is 19.1. The Morgan fingerprint density at radius 3 is 2.65 bits per heavy atom. The van der Waals surface area contributed by atoms with Crippen LogP contribution in [0, 0.1) is 5.82 Å². The summed E-state index contributed by atoms with van der Waals surface area (Å²) in [5.41, 5.74) is -0.0679. The van der Waals surface area contributed by atoms with Gasteiger partial charge in [0, 0.05) is 19.6 Å². The van der Waals surface area contributed by atoms with Crippen LogP contribution in [0.1, 0.15) is 0 Å². The number of benzene rings is 1. The highest BCUT2D eigenvalue weighted by Crippen LogP contribution is 2.27. The third kappa shape index (κ3) is 3.83. The van der Waals surface area contributed by atoms with Crippen molar-refractivity contribution in [3.8, 4) is 11.5 Å². The second-order valence-electron chi connectivity index (χ2n) is 4.53. The lowest BCUT2D eigenvalue weighted by Gasteiger charge is -2.26. The van der Waals surface area contributed by atoms with Crippen LogP contribution in [0.15, 0.2) is 12.1 Å². The summed E-state index contributed by atoms with van der Waals surface area (Å²) in [6.45, 7) is 3.84. The zero-order valence-electron chi connectivity index (χ0n) is 11.0. The van der Waals surface area contributed by atoms with Gasteiger partial charge in [-0.25, -0.2) is 4.39 Å². The van der Waals surface area contributed by atoms with E-state index in [9.17, 15) is 9.50 Å². The summed E-state index contributed by atoms with van der Waals surface area (Å²) in [6.07, 6.45) is 0. The minimum atomic E-state index is -1.81. The Morgan fingerprint density at radius 1 is 1.30 bits per heavy atom. The molecule has 0 atom stereocenters. The molecule has 1 aromatic carbocycles. The van der Waals surface area contributed by atoms with E-state index < -0.39 is 18.7 Å². The zero-order valence-corrected chi connectivity index (χ0v) is 11.0. The molecule has 1 heterocycles. The number of morpholine rings is 1. The summed E-state index contributed by atoms with van der Waals surface area (Å²) < 4.78 is 23.9. The molecular weight excluding hydrogens is 268 g/mol. The van der Waals surface area contributed by atoms with Gasteiger partial charge in [0.2, 0.25) is 0 Å². The molecule has 20 heavy (non-hydrogen) atoms. The van der Waals surface area contributed by atoms with Crippen molar-refractivity contribution in [2.45, 2.75) is 0 Å². The quantitative estimate of drug-likeness (QED) is 0.597. The van der Waals surface area contributed by atoms with Crippen LogP contribution >= 0.6 is 0 Å². The maximum atomic E-state index is 13.4.